The summed E-state index contributed by atoms with van der Waals surface area (Å²) in [5.41, 5.74) is 1.70. The lowest BCUT2D eigenvalue weighted by Gasteiger charge is -2.03. The van der Waals surface area contributed by atoms with E-state index in [2.05, 4.69) is 58.4 Å². The average Bonchev–Trinajstić information content (AvgIpc) is 3.00. The quantitative estimate of drug-likeness (QED) is 0.292. The number of nitrogens with zero attached hydrogens (tertiary/aromatic N) is 2. The standard InChI is InChI=1S/C21H15IN2OS/c1-2-13-24-18-12-11-14-7-3-4-8-15(14)19(18)26-21(24)23-20(25)16-9-5-6-10-17(16)22/h2-12H,1,13H2. The first-order chi connectivity index (χ1) is 12.7. The Morgan fingerprint density at radius 2 is 1.88 bits per heavy atom. The van der Waals surface area contributed by atoms with Crippen LogP contribution in [0.15, 0.2) is 78.3 Å². The molecule has 0 saturated carbocycles. The van der Waals surface area contributed by atoms with Crippen LogP contribution in [0, 0.1) is 3.57 Å². The van der Waals surface area contributed by atoms with Crippen LogP contribution in [0.2, 0.25) is 0 Å². The highest BCUT2D eigenvalue weighted by atomic mass is 127. The highest BCUT2D eigenvalue weighted by molar-refractivity contribution is 14.1. The Morgan fingerprint density at radius 3 is 2.69 bits per heavy atom. The predicted octanol–water partition coefficient (Wildman–Crippen LogP) is 5.39. The number of amides is 1. The number of fused-ring (bicyclic) bond motifs is 3. The van der Waals surface area contributed by atoms with Crippen LogP contribution in [0.4, 0.5) is 0 Å². The Morgan fingerprint density at radius 1 is 1.12 bits per heavy atom. The minimum atomic E-state index is -0.219. The Balaban J connectivity index is 1.98. The van der Waals surface area contributed by atoms with Crippen LogP contribution >= 0.6 is 33.9 Å². The summed E-state index contributed by atoms with van der Waals surface area (Å²) in [6.07, 6.45) is 1.83. The minimum Gasteiger partial charge on any atom is -0.312 e. The van der Waals surface area contributed by atoms with Gasteiger partial charge in [-0.15, -0.1) is 6.58 Å². The van der Waals surface area contributed by atoms with E-state index in [-0.39, 0.29) is 5.91 Å². The Labute approximate surface area is 168 Å². The van der Waals surface area contributed by atoms with E-state index in [1.807, 2.05) is 47.0 Å². The van der Waals surface area contributed by atoms with E-state index in [9.17, 15) is 4.79 Å². The number of carbonyl (C=O) groups is 1. The molecule has 1 heterocycles. The van der Waals surface area contributed by atoms with Crippen molar-refractivity contribution in [1.29, 1.82) is 0 Å². The molecule has 3 nitrogen and oxygen atoms in total. The molecule has 0 radical (unpaired) electrons. The van der Waals surface area contributed by atoms with Gasteiger partial charge < -0.3 is 4.57 Å². The van der Waals surface area contributed by atoms with Crippen molar-refractivity contribution >= 4 is 60.8 Å². The van der Waals surface area contributed by atoms with Gasteiger partial charge in [0.1, 0.15) is 0 Å². The van der Waals surface area contributed by atoms with Crippen LogP contribution in [-0.4, -0.2) is 10.5 Å². The molecular formula is C21H15IN2OS. The SMILES string of the molecule is C=CCn1c(=NC(=O)c2ccccc2I)sc2c3ccccc3ccc21. The summed E-state index contributed by atoms with van der Waals surface area (Å²) in [5, 5.41) is 2.36. The molecule has 5 heteroatoms. The maximum atomic E-state index is 12.7. The molecule has 0 aliphatic heterocycles. The Bertz CT molecular complexity index is 1220. The van der Waals surface area contributed by atoms with Gasteiger partial charge in [0, 0.05) is 15.5 Å². The van der Waals surface area contributed by atoms with Gasteiger partial charge in [0.05, 0.1) is 15.8 Å². The van der Waals surface area contributed by atoms with E-state index < -0.39 is 0 Å². The lowest BCUT2D eigenvalue weighted by atomic mass is 10.1. The second-order valence-corrected chi connectivity index (χ2v) is 7.96. The zero-order valence-corrected chi connectivity index (χ0v) is 16.8. The summed E-state index contributed by atoms with van der Waals surface area (Å²) in [7, 11) is 0. The molecule has 128 valence electrons. The molecule has 0 aliphatic carbocycles. The van der Waals surface area contributed by atoms with Crippen molar-refractivity contribution in [3.8, 4) is 0 Å². The van der Waals surface area contributed by atoms with Gasteiger partial charge in [-0.25, -0.2) is 0 Å². The van der Waals surface area contributed by atoms with Crippen LogP contribution < -0.4 is 4.80 Å². The van der Waals surface area contributed by atoms with Gasteiger partial charge in [-0.2, -0.15) is 4.99 Å². The molecule has 0 N–H and O–H groups in total. The fourth-order valence-electron chi connectivity index (χ4n) is 2.97. The van der Waals surface area contributed by atoms with Gasteiger partial charge in [0.25, 0.3) is 5.91 Å². The monoisotopic (exact) mass is 470 g/mol. The van der Waals surface area contributed by atoms with Crippen LogP contribution in [0.3, 0.4) is 0 Å². The van der Waals surface area contributed by atoms with Crippen molar-refractivity contribution in [3.63, 3.8) is 0 Å². The molecule has 0 saturated heterocycles. The highest BCUT2D eigenvalue weighted by Gasteiger charge is 2.12. The molecule has 0 aliphatic rings. The molecule has 0 bridgehead atoms. The normalized spacial score (nSPS) is 12.0. The van der Waals surface area contributed by atoms with Crippen molar-refractivity contribution in [2.45, 2.75) is 6.54 Å². The molecule has 4 rings (SSSR count). The van der Waals surface area contributed by atoms with E-state index >= 15 is 0 Å². The molecule has 1 amide bonds. The van der Waals surface area contributed by atoms with Gasteiger partial charge in [0.2, 0.25) is 0 Å². The van der Waals surface area contributed by atoms with E-state index in [1.165, 1.54) is 10.8 Å². The van der Waals surface area contributed by atoms with Gasteiger partial charge in [0.15, 0.2) is 4.80 Å². The summed E-state index contributed by atoms with van der Waals surface area (Å²) < 4.78 is 4.09. The minimum absolute atomic E-state index is 0.219. The number of hydrogen-bond acceptors (Lipinski definition) is 2. The largest absolute Gasteiger partial charge is 0.312 e. The molecule has 1 aromatic heterocycles. The molecule has 4 aromatic rings. The van der Waals surface area contributed by atoms with Crippen molar-refractivity contribution in [1.82, 2.24) is 4.57 Å². The molecule has 26 heavy (non-hydrogen) atoms. The Kier molecular flexibility index (Phi) is 4.74. The van der Waals surface area contributed by atoms with E-state index in [4.69, 9.17) is 0 Å². The summed E-state index contributed by atoms with van der Waals surface area (Å²) >= 11 is 3.72. The smallest absolute Gasteiger partial charge is 0.280 e. The molecule has 0 atom stereocenters. The topological polar surface area (TPSA) is 34.4 Å². The number of carbonyl (C=O) groups excluding carboxylic acids is 1. The van der Waals surface area contributed by atoms with Crippen LogP contribution in [0.5, 0.6) is 0 Å². The van der Waals surface area contributed by atoms with Gasteiger partial charge in [-0.3, -0.25) is 4.79 Å². The van der Waals surface area contributed by atoms with Crippen LogP contribution in [0.1, 0.15) is 10.4 Å². The number of hydrogen-bond donors (Lipinski definition) is 0. The fourth-order valence-corrected chi connectivity index (χ4v) is 4.76. The first kappa shape index (κ1) is 17.2. The molecule has 0 fully saturated rings. The zero-order chi connectivity index (χ0) is 18.1. The van der Waals surface area contributed by atoms with Crippen LogP contribution in [0.25, 0.3) is 21.0 Å². The summed E-state index contributed by atoms with van der Waals surface area (Å²) in [6, 6.07) is 20.0. The van der Waals surface area contributed by atoms with E-state index in [0.717, 1.165) is 13.8 Å². The number of benzene rings is 3. The second-order valence-electron chi connectivity index (χ2n) is 5.82. The van der Waals surface area contributed by atoms with E-state index in [0.29, 0.717) is 16.9 Å². The zero-order valence-electron chi connectivity index (χ0n) is 13.9. The lowest BCUT2D eigenvalue weighted by Crippen LogP contribution is -2.16. The van der Waals surface area contributed by atoms with Crippen LogP contribution in [-0.2, 0) is 6.54 Å². The summed E-state index contributed by atoms with van der Waals surface area (Å²) in [6.45, 7) is 4.46. The highest BCUT2D eigenvalue weighted by Crippen LogP contribution is 2.27. The summed E-state index contributed by atoms with van der Waals surface area (Å²) in [4.78, 5) is 17.9. The second kappa shape index (κ2) is 7.17. The third-order valence-corrected chi connectivity index (χ3v) is 6.26. The molecule has 0 spiro atoms. The Hall–Kier alpha value is -2.25. The third kappa shape index (κ3) is 3.01. The fraction of sp³-hybridized carbons (Fsp3) is 0.0476. The first-order valence-corrected chi connectivity index (χ1v) is 10.0. The predicted molar refractivity (Wildman–Crippen MR) is 117 cm³/mol. The number of aromatic nitrogens is 1. The number of rotatable bonds is 3. The van der Waals surface area contributed by atoms with Gasteiger partial charge in [-0.05, 0) is 46.2 Å². The third-order valence-electron chi connectivity index (χ3n) is 4.19. The van der Waals surface area contributed by atoms with Crippen molar-refractivity contribution in [2.75, 3.05) is 0 Å². The number of allylic oxidation sites excluding steroid dienone is 1. The van der Waals surface area contributed by atoms with Crippen molar-refractivity contribution < 1.29 is 4.79 Å². The van der Waals surface area contributed by atoms with Crippen molar-refractivity contribution in [3.05, 3.63) is 87.3 Å². The molecule has 3 aromatic carbocycles. The summed E-state index contributed by atoms with van der Waals surface area (Å²) in [5.74, 6) is -0.219. The number of halogens is 1. The molecule has 0 unspecified atom stereocenters. The van der Waals surface area contributed by atoms with Gasteiger partial charge in [-0.1, -0.05) is 59.9 Å². The molecular weight excluding hydrogens is 455 g/mol. The van der Waals surface area contributed by atoms with E-state index in [1.54, 1.807) is 11.3 Å². The lowest BCUT2D eigenvalue weighted by molar-refractivity contribution is 0.0997. The average molecular weight is 470 g/mol. The van der Waals surface area contributed by atoms with Crippen molar-refractivity contribution in [2.24, 2.45) is 4.99 Å². The maximum absolute atomic E-state index is 12.7. The first-order valence-electron chi connectivity index (χ1n) is 8.14. The van der Waals surface area contributed by atoms with Gasteiger partial charge >= 0.3 is 0 Å². The maximum Gasteiger partial charge on any atom is 0.280 e. The number of thiazole rings is 1.